The zero-order chi connectivity index (χ0) is 13.9. The van der Waals surface area contributed by atoms with Crippen LogP contribution in [0.5, 0.6) is 0 Å². The first-order chi connectivity index (χ1) is 9.74. The third-order valence-corrected chi connectivity index (χ3v) is 5.30. The highest BCUT2D eigenvalue weighted by Gasteiger charge is 2.25. The maximum absolute atomic E-state index is 6.04. The summed E-state index contributed by atoms with van der Waals surface area (Å²) in [5, 5.41) is 4.46. The van der Waals surface area contributed by atoms with Crippen LogP contribution < -0.4 is 10.2 Å². The Hall–Kier alpha value is -0.750. The maximum atomic E-state index is 6.04. The van der Waals surface area contributed by atoms with Gasteiger partial charge in [0.2, 0.25) is 17.2 Å². The summed E-state index contributed by atoms with van der Waals surface area (Å²) in [6.07, 6.45) is 8.18. The van der Waals surface area contributed by atoms with Crippen molar-refractivity contribution in [3.05, 3.63) is 5.28 Å². The lowest BCUT2D eigenvalue weighted by atomic mass is 10.2. The van der Waals surface area contributed by atoms with Crippen LogP contribution in [0.3, 0.4) is 0 Å². The van der Waals surface area contributed by atoms with E-state index in [-0.39, 0.29) is 5.28 Å². The topological polar surface area (TPSA) is 53.9 Å². The van der Waals surface area contributed by atoms with Gasteiger partial charge in [-0.25, -0.2) is 0 Å². The minimum Gasteiger partial charge on any atom is -0.351 e. The first-order valence-corrected chi connectivity index (χ1v) is 8.87. The molecule has 2 aliphatic rings. The number of nitrogens with one attached hydrogen (secondary N) is 1. The highest BCUT2D eigenvalue weighted by molar-refractivity contribution is 7.99. The van der Waals surface area contributed by atoms with Gasteiger partial charge in [0.25, 0.3) is 0 Å². The van der Waals surface area contributed by atoms with Crippen LogP contribution in [-0.4, -0.2) is 45.6 Å². The minimum atomic E-state index is 0.281. The summed E-state index contributed by atoms with van der Waals surface area (Å²) in [5.74, 6) is 1.34. The second-order valence-electron chi connectivity index (χ2n) is 5.43. The van der Waals surface area contributed by atoms with Gasteiger partial charge in [-0.05, 0) is 50.0 Å². The van der Waals surface area contributed by atoms with Gasteiger partial charge in [0.1, 0.15) is 0 Å². The van der Waals surface area contributed by atoms with Crippen molar-refractivity contribution < 1.29 is 0 Å². The molecule has 2 fully saturated rings. The van der Waals surface area contributed by atoms with E-state index in [1.54, 1.807) is 0 Å². The number of anilines is 2. The predicted octanol–water partition coefficient (Wildman–Crippen LogP) is 2.82. The second kappa shape index (κ2) is 6.35. The lowest BCUT2D eigenvalue weighted by Gasteiger charge is -2.17. The standard InChI is InChI=1S/C13H20ClN5S/c1-20-10-5-4-9(8-10)15-12-16-11(14)17-13(18-12)19-6-2-3-7-19/h9-10H,2-8H2,1H3,(H,15,16,17,18). The molecule has 110 valence electrons. The van der Waals surface area contributed by atoms with Crippen molar-refractivity contribution >= 4 is 35.3 Å². The van der Waals surface area contributed by atoms with Crippen LogP contribution in [0.4, 0.5) is 11.9 Å². The van der Waals surface area contributed by atoms with E-state index in [1.165, 1.54) is 32.1 Å². The van der Waals surface area contributed by atoms with E-state index in [0.29, 0.717) is 17.9 Å². The van der Waals surface area contributed by atoms with Crippen LogP contribution in [0.25, 0.3) is 0 Å². The average Bonchev–Trinajstić information content (AvgIpc) is 3.09. The highest BCUT2D eigenvalue weighted by Crippen LogP contribution is 2.30. The van der Waals surface area contributed by atoms with Crippen molar-refractivity contribution in [1.82, 2.24) is 15.0 Å². The zero-order valence-electron chi connectivity index (χ0n) is 11.7. The first-order valence-electron chi connectivity index (χ1n) is 7.20. The Morgan fingerprint density at radius 3 is 2.70 bits per heavy atom. The van der Waals surface area contributed by atoms with Crippen molar-refractivity contribution in [1.29, 1.82) is 0 Å². The van der Waals surface area contributed by atoms with Gasteiger partial charge in [-0.1, -0.05) is 0 Å². The number of aromatic nitrogens is 3. The Balaban J connectivity index is 1.69. The number of nitrogens with zero attached hydrogens (tertiary/aromatic N) is 4. The lowest BCUT2D eigenvalue weighted by molar-refractivity contribution is 0.741. The van der Waals surface area contributed by atoms with Gasteiger partial charge in [-0.15, -0.1) is 0 Å². The predicted molar refractivity (Wildman–Crippen MR) is 84.8 cm³/mol. The molecule has 1 aromatic heterocycles. The molecule has 0 amide bonds. The molecule has 20 heavy (non-hydrogen) atoms. The molecule has 1 aliphatic heterocycles. The van der Waals surface area contributed by atoms with Crippen molar-refractivity contribution in [3.63, 3.8) is 0 Å². The van der Waals surface area contributed by atoms with Gasteiger partial charge < -0.3 is 10.2 Å². The summed E-state index contributed by atoms with van der Waals surface area (Å²) < 4.78 is 0. The van der Waals surface area contributed by atoms with E-state index in [4.69, 9.17) is 11.6 Å². The number of rotatable bonds is 4. The van der Waals surface area contributed by atoms with Crippen LogP contribution in [-0.2, 0) is 0 Å². The number of halogens is 1. The summed E-state index contributed by atoms with van der Waals surface area (Å²) in [4.78, 5) is 15.2. The summed E-state index contributed by atoms with van der Waals surface area (Å²) in [6.45, 7) is 2.02. The molecule has 0 aromatic carbocycles. The minimum absolute atomic E-state index is 0.281. The number of thioether (sulfide) groups is 1. The molecule has 7 heteroatoms. The SMILES string of the molecule is CSC1CCC(Nc2nc(Cl)nc(N3CCCC3)n2)C1. The third kappa shape index (κ3) is 3.28. The van der Waals surface area contributed by atoms with E-state index in [9.17, 15) is 0 Å². The Bertz CT molecular complexity index is 466. The number of hydrogen-bond acceptors (Lipinski definition) is 6. The molecule has 5 nitrogen and oxygen atoms in total. The molecule has 2 heterocycles. The first kappa shape index (κ1) is 14.2. The average molecular weight is 314 g/mol. The second-order valence-corrected chi connectivity index (χ2v) is 6.91. The summed E-state index contributed by atoms with van der Waals surface area (Å²) in [7, 11) is 0. The van der Waals surface area contributed by atoms with E-state index in [1.807, 2.05) is 11.8 Å². The Kier molecular flexibility index (Phi) is 4.51. The largest absolute Gasteiger partial charge is 0.351 e. The normalized spacial score (nSPS) is 26.2. The molecule has 1 aromatic rings. The monoisotopic (exact) mass is 313 g/mol. The van der Waals surface area contributed by atoms with E-state index >= 15 is 0 Å². The summed E-state index contributed by atoms with van der Waals surface area (Å²) >= 11 is 7.98. The van der Waals surface area contributed by atoms with Crippen LogP contribution in [0, 0.1) is 0 Å². The van der Waals surface area contributed by atoms with Crippen molar-refractivity contribution in [2.24, 2.45) is 0 Å². The van der Waals surface area contributed by atoms with Gasteiger partial charge in [0.15, 0.2) is 0 Å². The molecule has 2 atom stereocenters. The molecule has 1 N–H and O–H groups in total. The Morgan fingerprint density at radius 2 is 2.00 bits per heavy atom. The molecule has 0 bridgehead atoms. The maximum Gasteiger partial charge on any atom is 0.231 e. The molecular weight excluding hydrogens is 294 g/mol. The molecular formula is C13H20ClN5S. The van der Waals surface area contributed by atoms with Gasteiger partial charge >= 0.3 is 0 Å². The quantitative estimate of drug-likeness (QED) is 0.922. The molecule has 1 saturated heterocycles. The molecule has 1 saturated carbocycles. The summed E-state index contributed by atoms with van der Waals surface area (Å²) in [5.41, 5.74) is 0. The van der Waals surface area contributed by atoms with Crippen molar-refractivity contribution in [3.8, 4) is 0 Å². The van der Waals surface area contributed by atoms with E-state index < -0.39 is 0 Å². The Labute approximate surface area is 128 Å². The van der Waals surface area contributed by atoms with E-state index in [2.05, 4.69) is 31.4 Å². The van der Waals surface area contributed by atoms with Crippen LogP contribution in [0.2, 0.25) is 5.28 Å². The van der Waals surface area contributed by atoms with E-state index in [0.717, 1.165) is 18.3 Å². The van der Waals surface area contributed by atoms with Crippen LogP contribution in [0.1, 0.15) is 32.1 Å². The highest BCUT2D eigenvalue weighted by atomic mass is 35.5. The van der Waals surface area contributed by atoms with Crippen molar-refractivity contribution in [2.45, 2.75) is 43.4 Å². The molecule has 0 radical (unpaired) electrons. The Morgan fingerprint density at radius 1 is 1.20 bits per heavy atom. The third-order valence-electron chi connectivity index (χ3n) is 4.04. The van der Waals surface area contributed by atoms with Gasteiger partial charge in [-0.3, -0.25) is 0 Å². The van der Waals surface area contributed by atoms with Crippen molar-refractivity contribution in [2.75, 3.05) is 29.6 Å². The van der Waals surface area contributed by atoms with Gasteiger partial charge in [0.05, 0.1) is 0 Å². The summed E-state index contributed by atoms with van der Waals surface area (Å²) in [6, 6.07) is 0.456. The zero-order valence-corrected chi connectivity index (χ0v) is 13.3. The van der Waals surface area contributed by atoms with Gasteiger partial charge in [0, 0.05) is 24.4 Å². The fourth-order valence-electron chi connectivity index (χ4n) is 2.93. The molecule has 3 rings (SSSR count). The lowest BCUT2D eigenvalue weighted by Crippen LogP contribution is -2.23. The molecule has 1 aliphatic carbocycles. The fraction of sp³-hybridized carbons (Fsp3) is 0.769. The smallest absolute Gasteiger partial charge is 0.231 e. The van der Waals surface area contributed by atoms with Crippen LogP contribution in [0.15, 0.2) is 0 Å². The number of hydrogen-bond donors (Lipinski definition) is 1. The molecule has 0 spiro atoms. The van der Waals surface area contributed by atoms with Gasteiger partial charge in [-0.2, -0.15) is 26.7 Å². The van der Waals surface area contributed by atoms with Crippen LogP contribution >= 0.6 is 23.4 Å². The molecule has 2 unspecified atom stereocenters. The fourth-order valence-corrected chi connectivity index (χ4v) is 3.88.